The summed E-state index contributed by atoms with van der Waals surface area (Å²) in [5.74, 6) is 1.25. The molecule has 0 spiro atoms. The van der Waals surface area contributed by atoms with Crippen LogP contribution in [0.3, 0.4) is 0 Å². The highest BCUT2D eigenvalue weighted by Gasteiger charge is 2.33. The third kappa shape index (κ3) is 4.65. The van der Waals surface area contributed by atoms with Gasteiger partial charge in [-0.15, -0.1) is 0 Å². The van der Waals surface area contributed by atoms with Crippen LogP contribution >= 0.6 is 0 Å². The molecule has 2 aliphatic rings. The van der Waals surface area contributed by atoms with Crippen molar-refractivity contribution in [2.75, 3.05) is 33.4 Å². The van der Waals surface area contributed by atoms with Gasteiger partial charge in [0.15, 0.2) is 18.1 Å². The molecule has 1 aliphatic heterocycles. The number of methoxy groups -OCH3 is 1. The second-order valence-electron chi connectivity index (χ2n) is 6.60. The fraction of sp³-hybridized carbons (Fsp3) is 0.579. The summed E-state index contributed by atoms with van der Waals surface area (Å²) < 4.78 is 10.9. The van der Waals surface area contributed by atoms with Gasteiger partial charge in [-0.2, -0.15) is 0 Å². The van der Waals surface area contributed by atoms with Crippen molar-refractivity contribution in [2.45, 2.75) is 38.1 Å². The first kappa shape index (κ1) is 17.6. The lowest BCUT2D eigenvalue weighted by molar-refractivity contribution is -0.135. The monoisotopic (exact) mass is 346 g/mol. The fourth-order valence-corrected chi connectivity index (χ4v) is 3.20. The zero-order valence-electron chi connectivity index (χ0n) is 14.8. The van der Waals surface area contributed by atoms with Gasteiger partial charge >= 0.3 is 0 Å². The van der Waals surface area contributed by atoms with Gasteiger partial charge in [0, 0.05) is 32.1 Å². The molecule has 25 heavy (non-hydrogen) atoms. The molecule has 1 aliphatic carbocycles. The van der Waals surface area contributed by atoms with Crippen LogP contribution in [0.4, 0.5) is 0 Å². The van der Waals surface area contributed by atoms with Crippen molar-refractivity contribution in [1.29, 1.82) is 0 Å². The van der Waals surface area contributed by atoms with E-state index in [2.05, 4.69) is 0 Å². The Hall–Kier alpha value is -2.24. The van der Waals surface area contributed by atoms with Crippen molar-refractivity contribution in [3.63, 3.8) is 0 Å². The van der Waals surface area contributed by atoms with Crippen LogP contribution in [0, 0.1) is 0 Å². The Labute approximate surface area is 148 Å². The van der Waals surface area contributed by atoms with E-state index in [0.717, 1.165) is 38.8 Å². The number of hydrogen-bond acceptors (Lipinski definition) is 4. The average molecular weight is 346 g/mol. The minimum Gasteiger partial charge on any atom is -0.493 e. The summed E-state index contributed by atoms with van der Waals surface area (Å²) in [4.78, 5) is 28.5. The lowest BCUT2D eigenvalue weighted by Crippen LogP contribution is -2.40. The van der Waals surface area contributed by atoms with E-state index in [4.69, 9.17) is 9.47 Å². The molecule has 0 aromatic heterocycles. The first-order valence-electron chi connectivity index (χ1n) is 9.02. The van der Waals surface area contributed by atoms with Crippen LogP contribution in [0.2, 0.25) is 0 Å². The molecule has 1 aromatic rings. The molecule has 0 unspecified atom stereocenters. The van der Waals surface area contributed by atoms with Crippen LogP contribution in [0.5, 0.6) is 11.5 Å². The molecule has 1 aromatic carbocycles. The topological polar surface area (TPSA) is 59.1 Å². The molecule has 6 nitrogen and oxygen atoms in total. The Bertz CT molecular complexity index is 609. The number of carbonyl (C=O) groups excluding carboxylic acids is 2. The van der Waals surface area contributed by atoms with Gasteiger partial charge in [0.2, 0.25) is 5.91 Å². The number of likely N-dealkylation sites (tertiary alicyclic amines) is 1. The highest BCUT2D eigenvalue weighted by molar-refractivity contribution is 5.80. The predicted octanol–water partition coefficient (Wildman–Crippen LogP) is 2.08. The van der Waals surface area contributed by atoms with Crippen LogP contribution in [0.1, 0.15) is 32.1 Å². The first-order chi connectivity index (χ1) is 12.2. The summed E-state index contributed by atoms with van der Waals surface area (Å²) in [6.07, 6.45) is 4.60. The molecule has 0 radical (unpaired) electrons. The molecule has 1 saturated carbocycles. The number of carbonyl (C=O) groups is 2. The Kier molecular flexibility index (Phi) is 5.79. The molecule has 1 saturated heterocycles. The maximum atomic E-state index is 12.6. The van der Waals surface area contributed by atoms with Crippen molar-refractivity contribution < 1.29 is 19.1 Å². The van der Waals surface area contributed by atoms with Crippen LogP contribution in [-0.4, -0.2) is 61.0 Å². The number of para-hydroxylation sites is 2. The number of ether oxygens (including phenoxy) is 2. The van der Waals surface area contributed by atoms with Crippen molar-refractivity contribution >= 4 is 11.8 Å². The summed E-state index contributed by atoms with van der Waals surface area (Å²) in [6, 6.07) is 7.54. The summed E-state index contributed by atoms with van der Waals surface area (Å²) in [5.41, 5.74) is 0. The van der Waals surface area contributed by atoms with Crippen molar-refractivity contribution in [2.24, 2.45) is 0 Å². The Morgan fingerprint density at radius 1 is 1.16 bits per heavy atom. The Morgan fingerprint density at radius 3 is 2.48 bits per heavy atom. The lowest BCUT2D eigenvalue weighted by atomic mass is 10.3. The van der Waals surface area contributed by atoms with Crippen molar-refractivity contribution in [1.82, 2.24) is 9.80 Å². The number of rotatable bonds is 8. The van der Waals surface area contributed by atoms with Gasteiger partial charge in [0.1, 0.15) is 0 Å². The van der Waals surface area contributed by atoms with Crippen molar-refractivity contribution in [3.05, 3.63) is 24.3 Å². The van der Waals surface area contributed by atoms with Crippen molar-refractivity contribution in [3.8, 4) is 11.5 Å². The quantitative estimate of drug-likeness (QED) is 0.723. The minimum absolute atomic E-state index is 0.0330. The predicted molar refractivity (Wildman–Crippen MR) is 93.7 cm³/mol. The smallest absolute Gasteiger partial charge is 0.260 e. The highest BCUT2D eigenvalue weighted by Crippen LogP contribution is 2.29. The van der Waals surface area contributed by atoms with Gasteiger partial charge in [-0.3, -0.25) is 9.59 Å². The number of hydrogen-bond donors (Lipinski definition) is 0. The third-order valence-corrected chi connectivity index (χ3v) is 4.75. The van der Waals surface area contributed by atoms with E-state index >= 15 is 0 Å². The van der Waals surface area contributed by atoms with Crippen LogP contribution < -0.4 is 9.47 Å². The molecule has 6 heteroatoms. The second-order valence-corrected chi connectivity index (χ2v) is 6.60. The molecular formula is C19H26N2O4. The van der Waals surface area contributed by atoms with Gasteiger partial charge in [-0.25, -0.2) is 0 Å². The summed E-state index contributed by atoms with van der Waals surface area (Å²) in [6.45, 7) is 2.16. The zero-order chi connectivity index (χ0) is 17.6. The van der Waals surface area contributed by atoms with E-state index < -0.39 is 0 Å². The zero-order valence-corrected chi connectivity index (χ0v) is 14.8. The summed E-state index contributed by atoms with van der Waals surface area (Å²) >= 11 is 0. The molecule has 2 amide bonds. The van der Waals surface area contributed by atoms with E-state index in [1.807, 2.05) is 21.9 Å². The largest absolute Gasteiger partial charge is 0.493 e. The van der Waals surface area contributed by atoms with Gasteiger partial charge in [0.05, 0.1) is 7.11 Å². The molecule has 0 atom stereocenters. The van der Waals surface area contributed by atoms with Gasteiger partial charge in [-0.05, 0) is 37.8 Å². The van der Waals surface area contributed by atoms with Gasteiger partial charge in [0.25, 0.3) is 5.91 Å². The molecule has 3 rings (SSSR count). The molecule has 0 bridgehead atoms. The van der Waals surface area contributed by atoms with Crippen LogP contribution in [0.15, 0.2) is 24.3 Å². The second kappa shape index (κ2) is 8.23. The number of nitrogens with zero attached hydrogens (tertiary/aromatic N) is 2. The molecule has 2 fully saturated rings. The lowest BCUT2D eigenvalue weighted by Gasteiger charge is -2.24. The van der Waals surface area contributed by atoms with Gasteiger partial charge in [-0.1, -0.05) is 12.1 Å². The Morgan fingerprint density at radius 2 is 1.84 bits per heavy atom. The fourth-order valence-electron chi connectivity index (χ4n) is 3.20. The summed E-state index contributed by atoms with van der Waals surface area (Å²) in [5, 5.41) is 0. The Balaban J connectivity index is 1.51. The number of benzene rings is 1. The average Bonchev–Trinajstić information content (AvgIpc) is 3.32. The van der Waals surface area contributed by atoms with E-state index in [1.54, 1.807) is 19.2 Å². The van der Waals surface area contributed by atoms with E-state index in [1.165, 1.54) is 0 Å². The van der Waals surface area contributed by atoms with Crippen LogP contribution in [-0.2, 0) is 9.59 Å². The molecule has 0 N–H and O–H groups in total. The maximum Gasteiger partial charge on any atom is 0.260 e. The first-order valence-corrected chi connectivity index (χ1v) is 9.02. The minimum atomic E-state index is -0.0670. The van der Waals surface area contributed by atoms with E-state index in [9.17, 15) is 9.59 Å². The highest BCUT2D eigenvalue weighted by atomic mass is 16.5. The summed E-state index contributed by atoms with van der Waals surface area (Å²) in [7, 11) is 1.57. The maximum absolute atomic E-state index is 12.6. The number of amides is 2. The molecule has 136 valence electrons. The third-order valence-electron chi connectivity index (χ3n) is 4.75. The standard InChI is InChI=1S/C19H26N2O4/c1-24-16-6-2-3-7-17(16)25-14-19(23)21(15-8-9-15)13-10-18(22)20-11-4-5-12-20/h2-3,6-7,15H,4-5,8-14H2,1H3. The molecule has 1 heterocycles. The van der Waals surface area contributed by atoms with Crippen LogP contribution in [0.25, 0.3) is 0 Å². The van der Waals surface area contributed by atoms with E-state index in [-0.39, 0.29) is 24.5 Å². The molecular weight excluding hydrogens is 320 g/mol. The SMILES string of the molecule is COc1ccccc1OCC(=O)N(CCC(=O)N1CCCC1)C1CC1. The van der Waals surface area contributed by atoms with Gasteiger partial charge < -0.3 is 19.3 Å². The van der Waals surface area contributed by atoms with E-state index in [0.29, 0.717) is 24.5 Å². The normalized spacial score (nSPS) is 16.6.